The van der Waals surface area contributed by atoms with Crippen LogP contribution in [0.5, 0.6) is 0 Å². The van der Waals surface area contributed by atoms with Crippen molar-refractivity contribution in [1.82, 2.24) is 5.06 Å². The van der Waals surface area contributed by atoms with Gasteiger partial charge in [-0.2, -0.15) is 5.06 Å². The van der Waals surface area contributed by atoms with Crippen LogP contribution in [0.2, 0.25) is 0 Å². The van der Waals surface area contributed by atoms with Crippen molar-refractivity contribution < 1.29 is 15.1 Å². The number of aliphatic hydroxyl groups is 2. The summed E-state index contributed by atoms with van der Waals surface area (Å²) in [7, 11) is 0. The molecule has 0 aliphatic carbocycles. The quantitative estimate of drug-likeness (QED) is 0.716. The summed E-state index contributed by atoms with van der Waals surface area (Å²) < 4.78 is 0. The average molecular weight is 281 g/mol. The third-order valence-electron chi connectivity index (χ3n) is 3.33. The van der Waals surface area contributed by atoms with Crippen molar-refractivity contribution in [3.8, 4) is 0 Å². The third-order valence-corrected chi connectivity index (χ3v) is 3.33. The molecule has 0 radical (unpaired) electrons. The number of hydroxylamine groups is 2. The van der Waals surface area contributed by atoms with Crippen molar-refractivity contribution in [3.63, 3.8) is 0 Å². The Labute approximate surface area is 121 Å². The maximum atomic E-state index is 9.54. The number of hydrogen-bond acceptors (Lipinski definition) is 4. The molecule has 0 aromatic heterocycles. The zero-order valence-electron chi connectivity index (χ0n) is 13.0. The van der Waals surface area contributed by atoms with Crippen molar-refractivity contribution >= 4 is 0 Å². The van der Waals surface area contributed by atoms with E-state index >= 15 is 0 Å². The molecule has 1 rings (SSSR count). The molecule has 0 unspecified atom stereocenters. The van der Waals surface area contributed by atoms with E-state index in [-0.39, 0.29) is 13.2 Å². The highest BCUT2D eigenvalue weighted by atomic mass is 16.7. The SMILES string of the molecule is CC(C)(CO)N(OCCc1ccccc1)C(C)(C)CO. The van der Waals surface area contributed by atoms with E-state index in [0.29, 0.717) is 6.61 Å². The Morgan fingerprint density at radius 3 is 1.90 bits per heavy atom. The summed E-state index contributed by atoms with van der Waals surface area (Å²) in [5, 5.41) is 20.8. The predicted octanol–water partition coefficient (Wildman–Crippen LogP) is 2.00. The summed E-state index contributed by atoms with van der Waals surface area (Å²) in [5.74, 6) is 0. The van der Waals surface area contributed by atoms with E-state index in [2.05, 4.69) is 12.1 Å². The molecule has 0 spiro atoms. The Bertz CT molecular complexity index is 374. The average Bonchev–Trinajstić information content (AvgIpc) is 2.44. The fraction of sp³-hybridized carbons (Fsp3) is 0.625. The van der Waals surface area contributed by atoms with Gasteiger partial charge in [-0.3, -0.25) is 4.84 Å². The number of aliphatic hydroxyl groups excluding tert-OH is 2. The molecule has 0 bridgehead atoms. The molecule has 0 fully saturated rings. The Morgan fingerprint density at radius 1 is 0.950 bits per heavy atom. The van der Waals surface area contributed by atoms with Crippen LogP contribution in [0, 0.1) is 0 Å². The summed E-state index contributed by atoms with van der Waals surface area (Å²) in [6, 6.07) is 10.1. The molecule has 0 amide bonds. The van der Waals surface area contributed by atoms with Crippen molar-refractivity contribution in [1.29, 1.82) is 0 Å². The summed E-state index contributed by atoms with van der Waals surface area (Å²) in [5.41, 5.74) is 0.0994. The molecule has 0 aliphatic heterocycles. The molecule has 0 aliphatic rings. The van der Waals surface area contributed by atoms with Gasteiger partial charge >= 0.3 is 0 Å². The third kappa shape index (κ3) is 4.56. The molecular formula is C16H27NO3. The smallest absolute Gasteiger partial charge is 0.0726 e. The summed E-state index contributed by atoms with van der Waals surface area (Å²) in [4.78, 5) is 5.87. The molecule has 114 valence electrons. The second-order valence-electron chi connectivity index (χ2n) is 6.30. The van der Waals surface area contributed by atoms with E-state index in [1.54, 1.807) is 5.06 Å². The van der Waals surface area contributed by atoms with Gasteiger partial charge in [0.1, 0.15) is 0 Å². The van der Waals surface area contributed by atoms with Gasteiger partial charge in [-0.05, 0) is 39.7 Å². The van der Waals surface area contributed by atoms with Gasteiger partial charge in [-0.15, -0.1) is 0 Å². The lowest BCUT2D eigenvalue weighted by Gasteiger charge is -2.45. The van der Waals surface area contributed by atoms with Crippen LogP contribution in [0.1, 0.15) is 33.3 Å². The number of hydrogen-bond donors (Lipinski definition) is 2. The first-order valence-corrected chi connectivity index (χ1v) is 7.02. The molecule has 1 aromatic carbocycles. The van der Waals surface area contributed by atoms with Gasteiger partial charge in [0.25, 0.3) is 0 Å². The lowest BCUT2D eigenvalue weighted by molar-refractivity contribution is -0.277. The molecule has 0 atom stereocenters. The van der Waals surface area contributed by atoms with Crippen molar-refractivity contribution in [2.24, 2.45) is 0 Å². The minimum absolute atomic E-state index is 0.0399. The first-order chi connectivity index (χ1) is 9.33. The fourth-order valence-electron chi connectivity index (χ4n) is 2.20. The van der Waals surface area contributed by atoms with E-state index in [0.717, 1.165) is 6.42 Å². The molecule has 1 aromatic rings. The van der Waals surface area contributed by atoms with E-state index in [1.165, 1.54) is 5.56 Å². The Kier molecular flexibility index (Phi) is 6.14. The summed E-state index contributed by atoms with van der Waals surface area (Å²) in [6.07, 6.45) is 0.792. The number of nitrogens with zero attached hydrogens (tertiary/aromatic N) is 1. The van der Waals surface area contributed by atoms with Crippen molar-refractivity contribution in [2.75, 3.05) is 19.8 Å². The van der Waals surface area contributed by atoms with Gasteiger partial charge in [-0.1, -0.05) is 30.3 Å². The molecule has 0 saturated heterocycles. The lowest BCUT2D eigenvalue weighted by Crippen LogP contribution is -2.58. The monoisotopic (exact) mass is 281 g/mol. The Morgan fingerprint density at radius 2 is 1.45 bits per heavy atom. The van der Waals surface area contributed by atoms with Crippen LogP contribution in [0.4, 0.5) is 0 Å². The zero-order valence-corrected chi connectivity index (χ0v) is 13.0. The molecule has 4 nitrogen and oxygen atoms in total. The van der Waals surface area contributed by atoms with Gasteiger partial charge in [0.2, 0.25) is 0 Å². The van der Waals surface area contributed by atoms with Crippen LogP contribution in [0.15, 0.2) is 30.3 Å². The van der Waals surface area contributed by atoms with Crippen LogP contribution in [0.3, 0.4) is 0 Å². The van der Waals surface area contributed by atoms with Crippen molar-refractivity contribution in [2.45, 2.75) is 45.2 Å². The first kappa shape index (κ1) is 17.1. The molecule has 20 heavy (non-hydrogen) atoms. The number of benzene rings is 1. The minimum atomic E-state index is -0.553. The van der Waals surface area contributed by atoms with Crippen LogP contribution in [0.25, 0.3) is 0 Å². The van der Waals surface area contributed by atoms with E-state index < -0.39 is 11.1 Å². The molecule has 0 heterocycles. The van der Waals surface area contributed by atoms with Crippen molar-refractivity contribution in [3.05, 3.63) is 35.9 Å². The van der Waals surface area contributed by atoms with Gasteiger partial charge in [0.05, 0.1) is 30.9 Å². The van der Waals surface area contributed by atoms with Gasteiger partial charge in [0.15, 0.2) is 0 Å². The molecule has 2 N–H and O–H groups in total. The van der Waals surface area contributed by atoms with Gasteiger partial charge < -0.3 is 10.2 Å². The van der Waals surface area contributed by atoms with Gasteiger partial charge in [0, 0.05) is 0 Å². The summed E-state index contributed by atoms with van der Waals surface area (Å²) in [6.45, 7) is 8.01. The summed E-state index contributed by atoms with van der Waals surface area (Å²) >= 11 is 0. The maximum absolute atomic E-state index is 9.54. The molecular weight excluding hydrogens is 254 g/mol. The highest BCUT2D eigenvalue weighted by molar-refractivity contribution is 5.14. The second-order valence-corrected chi connectivity index (χ2v) is 6.30. The number of rotatable bonds is 8. The highest BCUT2D eigenvalue weighted by Gasteiger charge is 2.38. The second kappa shape index (κ2) is 7.18. The zero-order chi connectivity index (χ0) is 15.2. The first-order valence-electron chi connectivity index (χ1n) is 7.02. The lowest BCUT2D eigenvalue weighted by atomic mass is 9.98. The fourth-order valence-corrected chi connectivity index (χ4v) is 2.20. The predicted molar refractivity (Wildman–Crippen MR) is 80.3 cm³/mol. The Balaban J connectivity index is 2.67. The maximum Gasteiger partial charge on any atom is 0.0726 e. The molecule has 0 saturated carbocycles. The van der Waals surface area contributed by atoms with Crippen LogP contribution in [-0.2, 0) is 11.3 Å². The van der Waals surface area contributed by atoms with Crippen LogP contribution >= 0.6 is 0 Å². The largest absolute Gasteiger partial charge is 0.394 e. The van der Waals surface area contributed by atoms with Crippen LogP contribution in [-0.4, -0.2) is 46.2 Å². The Hall–Kier alpha value is -0.940. The molecule has 4 heteroatoms. The minimum Gasteiger partial charge on any atom is -0.394 e. The van der Waals surface area contributed by atoms with E-state index in [1.807, 2.05) is 45.9 Å². The topological polar surface area (TPSA) is 52.9 Å². The van der Waals surface area contributed by atoms with E-state index in [9.17, 15) is 10.2 Å². The highest BCUT2D eigenvalue weighted by Crippen LogP contribution is 2.25. The van der Waals surface area contributed by atoms with E-state index in [4.69, 9.17) is 4.84 Å². The van der Waals surface area contributed by atoms with Gasteiger partial charge in [-0.25, -0.2) is 0 Å². The normalized spacial score (nSPS) is 12.9. The van der Waals surface area contributed by atoms with Crippen LogP contribution < -0.4 is 0 Å². The standard InChI is InChI=1S/C16H27NO3/c1-15(2,12-18)17(16(3,4)13-19)20-11-10-14-8-6-5-7-9-14/h5-9,18-19H,10-13H2,1-4H3.